The summed E-state index contributed by atoms with van der Waals surface area (Å²) in [5.74, 6) is -1.58. The maximum absolute atomic E-state index is 12.7. The van der Waals surface area contributed by atoms with E-state index < -0.39 is 18.1 Å². The highest BCUT2D eigenvalue weighted by Crippen LogP contribution is 2.34. The minimum absolute atomic E-state index is 0.151. The summed E-state index contributed by atoms with van der Waals surface area (Å²) < 4.78 is 42.9. The number of nitrogens with one attached hydrogen (secondary N) is 1. The van der Waals surface area contributed by atoms with E-state index in [4.69, 9.17) is 4.74 Å². The number of fused-ring (bicyclic) bond motifs is 1. The van der Waals surface area contributed by atoms with Crippen LogP contribution >= 0.6 is 0 Å². The molecule has 0 atom stereocenters. The molecule has 1 saturated heterocycles. The van der Waals surface area contributed by atoms with Crippen molar-refractivity contribution >= 4 is 16.9 Å². The number of carbonyl (C=O) groups is 1. The summed E-state index contributed by atoms with van der Waals surface area (Å²) in [6.07, 6.45) is -1.94. The Morgan fingerprint density at radius 2 is 2.04 bits per heavy atom. The Morgan fingerprint density at radius 3 is 2.67 bits per heavy atom. The summed E-state index contributed by atoms with van der Waals surface area (Å²) in [6, 6.07) is 5.26. The second-order valence-electron chi connectivity index (χ2n) is 6.16. The molecule has 1 aromatic heterocycles. The Balaban J connectivity index is 1.69. The molecular weight excluding hydrogens is 321 g/mol. The lowest BCUT2D eigenvalue weighted by Crippen LogP contribution is -2.38. The monoisotopic (exact) mass is 340 g/mol. The molecule has 0 radical (unpaired) electrons. The third-order valence-electron chi connectivity index (χ3n) is 4.63. The molecule has 7 heteroatoms. The number of nitrogens with zero attached hydrogens (tertiary/aromatic N) is 1. The van der Waals surface area contributed by atoms with E-state index in [2.05, 4.69) is 4.98 Å². The highest BCUT2D eigenvalue weighted by Gasteiger charge is 2.40. The van der Waals surface area contributed by atoms with E-state index in [9.17, 15) is 18.0 Å². The fourth-order valence-electron chi connectivity index (χ4n) is 3.22. The number of hydrogen-bond acceptors (Lipinski definition) is 3. The third-order valence-corrected chi connectivity index (χ3v) is 4.63. The molecule has 2 aromatic rings. The zero-order chi connectivity index (χ0) is 17.3. The molecule has 0 aliphatic carbocycles. The van der Waals surface area contributed by atoms with Gasteiger partial charge in [0.25, 0.3) is 0 Å². The van der Waals surface area contributed by atoms with E-state index >= 15 is 0 Å². The quantitative estimate of drug-likeness (QED) is 0.866. The first-order chi connectivity index (χ1) is 11.4. The fourth-order valence-corrected chi connectivity index (χ4v) is 3.22. The Bertz CT molecular complexity index is 731. The van der Waals surface area contributed by atoms with Gasteiger partial charge in [-0.3, -0.25) is 4.90 Å². The molecule has 0 bridgehead atoms. The third kappa shape index (κ3) is 3.40. The first-order valence-electron chi connectivity index (χ1n) is 7.86. The number of esters is 1. The molecule has 1 aromatic carbocycles. The van der Waals surface area contributed by atoms with Crippen molar-refractivity contribution < 1.29 is 22.7 Å². The van der Waals surface area contributed by atoms with Crippen LogP contribution < -0.4 is 0 Å². The molecule has 2 heterocycles. The number of rotatable bonds is 3. The van der Waals surface area contributed by atoms with Crippen LogP contribution in [0.2, 0.25) is 0 Å². The maximum atomic E-state index is 12.7. The molecule has 1 fully saturated rings. The van der Waals surface area contributed by atoms with Crippen molar-refractivity contribution in [2.45, 2.75) is 25.6 Å². The molecule has 0 amide bonds. The van der Waals surface area contributed by atoms with Gasteiger partial charge in [-0.15, -0.1) is 0 Å². The van der Waals surface area contributed by atoms with Crippen LogP contribution in [-0.2, 0) is 11.3 Å². The number of benzene rings is 1. The van der Waals surface area contributed by atoms with Gasteiger partial charge in [0.05, 0.1) is 18.6 Å². The molecule has 24 heavy (non-hydrogen) atoms. The summed E-state index contributed by atoms with van der Waals surface area (Å²) in [6.45, 7) is 1.48. The first kappa shape index (κ1) is 16.8. The average Bonchev–Trinajstić information content (AvgIpc) is 2.96. The normalized spacial score (nSPS) is 17.3. The zero-order valence-corrected chi connectivity index (χ0v) is 13.3. The van der Waals surface area contributed by atoms with Gasteiger partial charge in [0.1, 0.15) is 0 Å². The van der Waals surface area contributed by atoms with Crippen LogP contribution in [0, 0.1) is 5.92 Å². The number of halogens is 3. The van der Waals surface area contributed by atoms with Crippen LogP contribution in [0.25, 0.3) is 10.9 Å². The Labute approximate surface area is 137 Å². The number of likely N-dealkylation sites (tertiary alicyclic amines) is 1. The number of carbonyl (C=O) groups excluding carboxylic acids is 1. The number of alkyl halides is 3. The predicted molar refractivity (Wildman–Crippen MR) is 83.7 cm³/mol. The van der Waals surface area contributed by atoms with E-state index in [-0.39, 0.29) is 12.8 Å². The summed E-state index contributed by atoms with van der Waals surface area (Å²) >= 11 is 0. The molecule has 1 N–H and O–H groups in total. The van der Waals surface area contributed by atoms with Crippen LogP contribution in [0.1, 0.15) is 28.8 Å². The highest BCUT2D eigenvalue weighted by molar-refractivity contribution is 5.95. The first-order valence-corrected chi connectivity index (χ1v) is 7.86. The maximum Gasteiger partial charge on any atom is 0.391 e. The van der Waals surface area contributed by atoms with E-state index in [1.54, 1.807) is 12.1 Å². The second kappa shape index (κ2) is 6.47. The van der Waals surface area contributed by atoms with E-state index in [0.29, 0.717) is 25.2 Å². The number of hydrogen-bond donors (Lipinski definition) is 1. The van der Waals surface area contributed by atoms with Crippen molar-refractivity contribution in [3.8, 4) is 0 Å². The Hall–Kier alpha value is -2.02. The smallest absolute Gasteiger partial charge is 0.391 e. The van der Waals surface area contributed by atoms with Gasteiger partial charge < -0.3 is 9.72 Å². The van der Waals surface area contributed by atoms with Crippen molar-refractivity contribution in [3.63, 3.8) is 0 Å². The molecule has 1 aliphatic heterocycles. The molecule has 4 nitrogen and oxygen atoms in total. The highest BCUT2D eigenvalue weighted by atomic mass is 19.4. The fraction of sp³-hybridized carbons (Fsp3) is 0.471. The van der Waals surface area contributed by atoms with E-state index in [1.807, 2.05) is 17.2 Å². The second-order valence-corrected chi connectivity index (χ2v) is 6.16. The molecule has 130 valence electrons. The van der Waals surface area contributed by atoms with Crippen molar-refractivity contribution in [2.24, 2.45) is 5.92 Å². The Morgan fingerprint density at radius 1 is 1.33 bits per heavy atom. The lowest BCUT2D eigenvalue weighted by Gasteiger charge is -2.32. The summed E-state index contributed by atoms with van der Waals surface area (Å²) in [5, 5.41) is 0.973. The average molecular weight is 340 g/mol. The summed E-state index contributed by atoms with van der Waals surface area (Å²) in [7, 11) is 1.33. The van der Waals surface area contributed by atoms with Gasteiger partial charge in [-0.25, -0.2) is 4.79 Å². The van der Waals surface area contributed by atoms with Gasteiger partial charge in [0.2, 0.25) is 0 Å². The van der Waals surface area contributed by atoms with E-state index in [0.717, 1.165) is 16.5 Å². The van der Waals surface area contributed by atoms with Gasteiger partial charge in [0, 0.05) is 23.6 Å². The van der Waals surface area contributed by atoms with Crippen molar-refractivity contribution in [1.82, 2.24) is 9.88 Å². The van der Waals surface area contributed by atoms with Gasteiger partial charge in [-0.1, -0.05) is 6.07 Å². The van der Waals surface area contributed by atoms with Crippen LogP contribution in [0.5, 0.6) is 0 Å². The van der Waals surface area contributed by atoms with Gasteiger partial charge in [-0.2, -0.15) is 13.2 Å². The predicted octanol–water partition coefficient (Wildman–Crippen LogP) is 3.73. The van der Waals surface area contributed by atoms with Gasteiger partial charge >= 0.3 is 12.1 Å². The van der Waals surface area contributed by atoms with Crippen molar-refractivity contribution in [1.29, 1.82) is 0 Å². The molecule has 3 rings (SSSR count). The van der Waals surface area contributed by atoms with Gasteiger partial charge in [0.15, 0.2) is 0 Å². The number of aromatic nitrogens is 1. The molecule has 1 aliphatic rings. The van der Waals surface area contributed by atoms with Crippen LogP contribution in [-0.4, -0.2) is 42.2 Å². The molecule has 0 saturated carbocycles. The molecular formula is C17H19F3N2O2. The van der Waals surface area contributed by atoms with Crippen LogP contribution in [0.3, 0.4) is 0 Å². The SMILES string of the molecule is COC(=O)c1ccc2c(CN3CCC(C(F)(F)F)CC3)c[nH]c2c1. The number of aromatic amines is 1. The number of ether oxygens (including phenoxy) is 1. The lowest BCUT2D eigenvalue weighted by atomic mass is 9.96. The largest absolute Gasteiger partial charge is 0.465 e. The standard InChI is InChI=1S/C17H19F3N2O2/c1-24-16(23)11-2-3-14-12(9-21-15(14)8-11)10-22-6-4-13(5-7-22)17(18,19)20/h2-3,8-9,13,21H,4-7,10H2,1H3. The van der Waals surface area contributed by atoms with Crippen molar-refractivity contribution in [3.05, 3.63) is 35.5 Å². The summed E-state index contributed by atoms with van der Waals surface area (Å²) in [5.41, 5.74) is 2.30. The van der Waals surface area contributed by atoms with Crippen LogP contribution in [0.4, 0.5) is 13.2 Å². The zero-order valence-electron chi connectivity index (χ0n) is 13.3. The number of piperidine rings is 1. The minimum atomic E-state index is -4.09. The van der Waals surface area contributed by atoms with Crippen LogP contribution in [0.15, 0.2) is 24.4 Å². The van der Waals surface area contributed by atoms with Crippen molar-refractivity contribution in [2.75, 3.05) is 20.2 Å². The van der Waals surface area contributed by atoms with Gasteiger partial charge in [-0.05, 0) is 43.6 Å². The molecule has 0 unspecified atom stereocenters. The lowest BCUT2D eigenvalue weighted by molar-refractivity contribution is -0.185. The minimum Gasteiger partial charge on any atom is -0.465 e. The summed E-state index contributed by atoms with van der Waals surface area (Å²) in [4.78, 5) is 16.7. The topological polar surface area (TPSA) is 45.3 Å². The molecule has 0 spiro atoms. The number of H-pyrrole nitrogens is 1. The number of methoxy groups -OCH3 is 1. The Kier molecular flexibility index (Phi) is 4.54. The van der Waals surface area contributed by atoms with E-state index in [1.165, 1.54) is 7.11 Å².